The number of fused-ring (bicyclic) bond motifs is 1. The molecule has 0 fully saturated rings. The largest absolute Gasteiger partial charge is 0.480 e. The predicted octanol–water partition coefficient (Wildman–Crippen LogP) is 2.34. The SMILES string of the molecule is CCC(SCc1nc2ccccn2c1[N+](=O)[O-])C(=O)O. The average Bonchev–Trinajstić information content (AvgIpc) is 2.77. The second-order valence-corrected chi connectivity index (χ2v) is 5.31. The van der Waals surface area contributed by atoms with Crippen molar-refractivity contribution < 1.29 is 14.8 Å². The number of pyridine rings is 1. The molecular formula is C12H13N3O4S. The van der Waals surface area contributed by atoms with Crippen LogP contribution in [-0.4, -0.2) is 30.6 Å². The zero-order valence-corrected chi connectivity index (χ0v) is 11.5. The number of carbonyl (C=O) groups is 1. The molecular weight excluding hydrogens is 282 g/mol. The molecule has 8 heteroatoms. The summed E-state index contributed by atoms with van der Waals surface area (Å²) in [6.45, 7) is 1.77. The minimum Gasteiger partial charge on any atom is -0.480 e. The molecule has 0 aromatic carbocycles. The van der Waals surface area contributed by atoms with E-state index in [2.05, 4.69) is 4.98 Å². The van der Waals surface area contributed by atoms with Gasteiger partial charge in [-0.2, -0.15) is 4.40 Å². The number of nitrogens with zero attached hydrogens (tertiary/aromatic N) is 3. The Morgan fingerprint density at radius 3 is 2.95 bits per heavy atom. The third kappa shape index (κ3) is 2.74. The first kappa shape index (κ1) is 14.3. The van der Waals surface area contributed by atoms with Crippen molar-refractivity contribution in [1.82, 2.24) is 9.38 Å². The maximum Gasteiger partial charge on any atom is 0.351 e. The molecule has 2 aromatic heterocycles. The van der Waals surface area contributed by atoms with E-state index in [4.69, 9.17) is 5.11 Å². The predicted molar refractivity (Wildman–Crippen MR) is 74.9 cm³/mol. The van der Waals surface area contributed by atoms with Crippen LogP contribution in [-0.2, 0) is 10.5 Å². The van der Waals surface area contributed by atoms with E-state index in [1.54, 1.807) is 31.3 Å². The quantitative estimate of drug-likeness (QED) is 0.649. The summed E-state index contributed by atoms with van der Waals surface area (Å²) in [5, 5.41) is 19.6. The molecule has 1 N–H and O–H groups in total. The fourth-order valence-electron chi connectivity index (χ4n) is 1.87. The number of carboxylic acids is 1. The zero-order chi connectivity index (χ0) is 14.7. The Morgan fingerprint density at radius 2 is 2.35 bits per heavy atom. The van der Waals surface area contributed by atoms with Crippen LogP contribution in [0.2, 0.25) is 0 Å². The number of rotatable bonds is 6. The number of thioether (sulfide) groups is 1. The van der Waals surface area contributed by atoms with E-state index in [1.165, 1.54) is 4.40 Å². The third-order valence-electron chi connectivity index (χ3n) is 2.81. The van der Waals surface area contributed by atoms with Crippen LogP contribution < -0.4 is 0 Å². The van der Waals surface area contributed by atoms with Crippen molar-refractivity contribution in [2.24, 2.45) is 0 Å². The van der Waals surface area contributed by atoms with E-state index in [1.807, 2.05) is 0 Å². The fraction of sp³-hybridized carbons (Fsp3) is 0.333. The molecule has 20 heavy (non-hydrogen) atoms. The van der Waals surface area contributed by atoms with Gasteiger partial charge in [0.1, 0.15) is 10.9 Å². The monoisotopic (exact) mass is 295 g/mol. The number of carboxylic acid groups (broad SMARTS) is 1. The van der Waals surface area contributed by atoms with Crippen molar-refractivity contribution in [1.29, 1.82) is 0 Å². The number of aliphatic carboxylic acids is 1. The molecule has 0 aliphatic carbocycles. The van der Waals surface area contributed by atoms with Gasteiger partial charge in [0, 0.05) is 11.8 Å². The number of nitro groups is 1. The fourth-order valence-corrected chi connectivity index (χ4v) is 2.80. The van der Waals surface area contributed by atoms with E-state index in [-0.39, 0.29) is 11.6 Å². The molecule has 0 saturated carbocycles. The van der Waals surface area contributed by atoms with Crippen LogP contribution in [0, 0.1) is 10.1 Å². The van der Waals surface area contributed by atoms with Gasteiger partial charge in [-0.1, -0.05) is 13.0 Å². The molecule has 2 rings (SSSR count). The molecule has 2 aromatic rings. The Labute approximate surface area is 118 Å². The van der Waals surface area contributed by atoms with Crippen molar-refractivity contribution >= 4 is 29.2 Å². The molecule has 0 radical (unpaired) electrons. The Hall–Kier alpha value is -2.09. The summed E-state index contributed by atoms with van der Waals surface area (Å²) < 4.78 is 1.40. The van der Waals surface area contributed by atoms with Gasteiger partial charge in [0.25, 0.3) is 0 Å². The van der Waals surface area contributed by atoms with E-state index >= 15 is 0 Å². The van der Waals surface area contributed by atoms with E-state index in [0.29, 0.717) is 17.8 Å². The topological polar surface area (TPSA) is 97.7 Å². The smallest absolute Gasteiger partial charge is 0.351 e. The lowest BCUT2D eigenvalue weighted by Crippen LogP contribution is -2.15. The molecule has 0 bridgehead atoms. The lowest BCUT2D eigenvalue weighted by atomic mass is 10.3. The van der Waals surface area contributed by atoms with Crippen molar-refractivity contribution in [3.8, 4) is 0 Å². The summed E-state index contributed by atoms with van der Waals surface area (Å²) in [5.41, 5.74) is 0.782. The van der Waals surface area contributed by atoms with Crippen molar-refractivity contribution in [2.45, 2.75) is 24.3 Å². The Balaban J connectivity index is 2.32. The minimum atomic E-state index is -0.913. The second kappa shape index (κ2) is 5.91. The van der Waals surface area contributed by atoms with Gasteiger partial charge < -0.3 is 15.2 Å². The van der Waals surface area contributed by atoms with Crippen molar-refractivity contribution in [2.75, 3.05) is 0 Å². The molecule has 0 amide bonds. The summed E-state index contributed by atoms with van der Waals surface area (Å²) in [5.74, 6) is -0.819. The number of hydrogen-bond donors (Lipinski definition) is 1. The number of aromatic nitrogens is 2. The second-order valence-electron chi connectivity index (χ2n) is 4.11. The molecule has 7 nitrogen and oxygen atoms in total. The standard InChI is InChI=1S/C12H13N3O4S/c1-2-9(12(16)17)20-7-8-11(15(18)19)14-6-4-3-5-10(14)13-8/h3-6,9H,2,7H2,1H3,(H,16,17). The maximum absolute atomic E-state index is 11.2. The van der Waals surface area contributed by atoms with Crippen molar-refractivity contribution in [3.63, 3.8) is 0 Å². The number of imidazole rings is 1. The van der Waals surface area contributed by atoms with E-state index in [9.17, 15) is 14.9 Å². The highest BCUT2D eigenvalue weighted by molar-refractivity contribution is 7.99. The van der Waals surface area contributed by atoms with Crippen LogP contribution >= 0.6 is 11.8 Å². The summed E-state index contributed by atoms with van der Waals surface area (Å²) >= 11 is 1.15. The molecule has 2 heterocycles. The molecule has 0 saturated heterocycles. The highest BCUT2D eigenvalue weighted by Crippen LogP contribution is 2.27. The van der Waals surface area contributed by atoms with Crippen LogP contribution in [0.4, 0.5) is 5.82 Å². The Morgan fingerprint density at radius 1 is 1.60 bits per heavy atom. The minimum absolute atomic E-state index is 0.103. The van der Waals surface area contributed by atoms with Crippen LogP contribution in [0.15, 0.2) is 24.4 Å². The van der Waals surface area contributed by atoms with Crippen LogP contribution in [0.3, 0.4) is 0 Å². The van der Waals surface area contributed by atoms with E-state index in [0.717, 1.165) is 11.8 Å². The summed E-state index contributed by atoms with van der Waals surface area (Å²) in [6.07, 6.45) is 2.03. The van der Waals surface area contributed by atoms with Crippen LogP contribution in [0.5, 0.6) is 0 Å². The third-order valence-corrected chi connectivity index (χ3v) is 4.19. The first-order chi connectivity index (χ1) is 9.54. The first-order valence-corrected chi connectivity index (χ1v) is 7.04. The van der Waals surface area contributed by atoms with Gasteiger partial charge in [-0.25, -0.2) is 4.98 Å². The lowest BCUT2D eigenvalue weighted by molar-refractivity contribution is -0.391. The van der Waals surface area contributed by atoms with Gasteiger partial charge in [-0.05, 0) is 17.4 Å². The van der Waals surface area contributed by atoms with Crippen LogP contribution in [0.25, 0.3) is 5.65 Å². The summed E-state index contributed by atoms with van der Waals surface area (Å²) in [4.78, 5) is 25.8. The van der Waals surface area contributed by atoms with Gasteiger partial charge >= 0.3 is 11.8 Å². The molecule has 0 spiro atoms. The first-order valence-electron chi connectivity index (χ1n) is 5.99. The summed E-state index contributed by atoms with van der Waals surface area (Å²) in [7, 11) is 0. The molecule has 0 aliphatic heterocycles. The normalized spacial score (nSPS) is 12.4. The van der Waals surface area contributed by atoms with Crippen molar-refractivity contribution in [3.05, 3.63) is 40.2 Å². The highest BCUT2D eigenvalue weighted by Gasteiger charge is 2.24. The number of hydrogen-bond acceptors (Lipinski definition) is 5. The molecule has 1 unspecified atom stereocenters. The molecule has 106 valence electrons. The Kier molecular flexibility index (Phi) is 4.23. The Bertz CT molecular complexity index is 655. The summed E-state index contributed by atoms with van der Waals surface area (Å²) in [6, 6.07) is 5.11. The van der Waals surface area contributed by atoms with Gasteiger partial charge in [-0.15, -0.1) is 11.8 Å². The van der Waals surface area contributed by atoms with Gasteiger partial charge in [-0.3, -0.25) is 4.79 Å². The average molecular weight is 295 g/mol. The van der Waals surface area contributed by atoms with Gasteiger partial charge in [0.05, 0.1) is 6.20 Å². The van der Waals surface area contributed by atoms with Gasteiger partial charge in [0.2, 0.25) is 5.65 Å². The highest BCUT2D eigenvalue weighted by atomic mass is 32.2. The van der Waals surface area contributed by atoms with Crippen LogP contribution in [0.1, 0.15) is 19.0 Å². The molecule has 1 atom stereocenters. The lowest BCUT2D eigenvalue weighted by Gasteiger charge is -2.07. The molecule has 0 aliphatic rings. The zero-order valence-electron chi connectivity index (χ0n) is 10.7. The van der Waals surface area contributed by atoms with E-state index < -0.39 is 16.1 Å². The van der Waals surface area contributed by atoms with Gasteiger partial charge in [0.15, 0.2) is 0 Å². The maximum atomic E-state index is 11.2.